The van der Waals surface area contributed by atoms with Crippen molar-refractivity contribution in [2.24, 2.45) is 0 Å². The van der Waals surface area contributed by atoms with E-state index in [0.717, 1.165) is 16.9 Å². The molecule has 3 aromatic rings. The summed E-state index contributed by atoms with van der Waals surface area (Å²) in [6, 6.07) is 15.7. The van der Waals surface area contributed by atoms with Gasteiger partial charge in [0.25, 0.3) is 0 Å². The van der Waals surface area contributed by atoms with E-state index in [1.54, 1.807) is 51.1 Å². The summed E-state index contributed by atoms with van der Waals surface area (Å²) in [5.74, 6) is -1.78. The van der Waals surface area contributed by atoms with Crippen LogP contribution < -0.4 is 16.0 Å². The smallest absolute Gasteiger partial charge is 0.408 e. The monoisotopic (exact) mass is 538 g/mol. The van der Waals surface area contributed by atoms with E-state index >= 15 is 0 Å². The third-order valence-corrected chi connectivity index (χ3v) is 5.86. The average Bonchev–Trinajstić information content (AvgIpc) is 3.35. The number of nitrogens with one attached hydrogen (secondary N) is 3. The number of carbonyl (C=O) groups excluding carboxylic acids is 4. The Balaban J connectivity index is 1.84. The number of esters is 1. The second-order valence-corrected chi connectivity index (χ2v) is 10.1. The largest absolute Gasteiger partial charge is 0.464 e. The van der Waals surface area contributed by atoms with Crippen LogP contribution in [0.25, 0.3) is 0 Å². The van der Waals surface area contributed by atoms with Gasteiger partial charge in [-0.15, -0.1) is 11.3 Å². The van der Waals surface area contributed by atoms with Gasteiger partial charge in [0.15, 0.2) is 10.8 Å². The summed E-state index contributed by atoms with van der Waals surface area (Å²) in [6.07, 6.45) is -0.606. The van der Waals surface area contributed by atoms with Crippen molar-refractivity contribution in [3.8, 4) is 0 Å². The Morgan fingerprint density at radius 1 is 0.921 bits per heavy atom. The molecule has 0 radical (unpaired) electrons. The molecule has 0 aliphatic carbocycles. The number of ether oxygens (including phenoxy) is 2. The van der Waals surface area contributed by atoms with Crippen LogP contribution in [0, 0.1) is 0 Å². The first-order chi connectivity index (χ1) is 18.1. The molecular weight excluding hydrogens is 508 g/mol. The summed E-state index contributed by atoms with van der Waals surface area (Å²) in [4.78, 5) is 55.1. The average molecular weight is 539 g/mol. The first-order valence-corrected chi connectivity index (χ1v) is 12.7. The summed E-state index contributed by atoms with van der Waals surface area (Å²) < 4.78 is 10.00. The number of hydrogen-bond acceptors (Lipinski definition) is 8. The van der Waals surface area contributed by atoms with Crippen LogP contribution in [0.4, 0.5) is 9.93 Å². The van der Waals surface area contributed by atoms with Crippen LogP contribution in [-0.4, -0.2) is 47.6 Å². The van der Waals surface area contributed by atoms with Gasteiger partial charge in [-0.2, -0.15) is 0 Å². The topological polar surface area (TPSA) is 136 Å². The van der Waals surface area contributed by atoms with Crippen LogP contribution in [0.5, 0.6) is 0 Å². The molecule has 0 unspecified atom stereocenters. The van der Waals surface area contributed by atoms with Gasteiger partial charge in [-0.25, -0.2) is 14.6 Å². The third kappa shape index (κ3) is 8.41. The van der Waals surface area contributed by atoms with Gasteiger partial charge in [0.1, 0.15) is 17.7 Å². The Morgan fingerprint density at radius 2 is 1.55 bits per heavy atom. The maximum absolute atomic E-state index is 13.5. The normalized spacial score (nSPS) is 12.5. The number of thiazole rings is 1. The number of carbonyl (C=O) groups is 4. The number of nitrogens with zero attached hydrogens (tertiary/aromatic N) is 1. The summed E-state index contributed by atoms with van der Waals surface area (Å²) in [5.41, 5.74) is 0.604. The Kier molecular flexibility index (Phi) is 9.55. The highest BCUT2D eigenvalue weighted by atomic mass is 32.1. The van der Waals surface area contributed by atoms with Crippen LogP contribution >= 0.6 is 11.3 Å². The lowest BCUT2D eigenvalue weighted by Crippen LogP contribution is -2.50. The summed E-state index contributed by atoms with van der Waals surface area (Å²) in [5, 5.41) is 9.65. The van der Waals surface area contributed by atoms with Crippen molar-refractivity contribution in [2.75, 3.05) is 12.4 Å². The number of rotatable bonds is 9. The Labute approximate surface area is 224 Å². The van der Waals surface area contributed by atoms with Gasteiger partial charge in [0, 0.05) is 11.8 Å². The predicted octanol–water partition coefficient (Wildman–Crippen LogP) is 3.86. The molecule has 0 bridgehead atoms. The van der Waals surface area contributed by atoms with E-state index in [0.29, 0.717) is 5.56 Å². The molecule has 11 heteroatoms. The first kappa shape index (κ1) is 28.3. The zero-order chi connectivity index (χ0) is 27.7. The Hall–Kier alpha value is -4.25. The highest BCUT2D eigenvalue weighted by Gasteiger charge is 2.30. The number of aromatic nitrogens is 1. The number of alkyl carbamates (subject to hydrolysis) is 1. The quantitative estimate of drug-likeness (QED) is 0.352. The van der Waals surface area contributed by atoms with Crippen molar-refractivity contribution in [3.63, 3.8) is 0 Å². The molecule has 0 saturated heterocycles. The minimum Gasteiger partial charge on any atom is -0.464 e. The van der Waals surface area contributed by atoms with Gasteiger partial charge in [0.05, 0.1) is 7.11 Å². The number of methoxy groups -OCH3 is 1. The maximum atomic E-state index is 13.5. The van der Waals surface area contributed by atoms with E-state index in [2.05, 4.69) is 25.7 Å². The molecule has 1 aromatic heterocycles. The Bertz CT molecular complexity index is 1260. The van der Waals surface area contributed by atoms with Gasteiger partial charge >= 0.3 is 12.1 Å². The first-order valence-electron chi connectivity index (χ1n) is 11.8. The summed E-state index contributed by atoms with van der Waals surface area (Å²) in [6.45, 7) is 5.15. The zero-order valence-electron chi connectivity index (χ0n) is 21.5. The van der Waals surface area contributed by atoms with E-state index in [4.69, 9.17) is 4.74 Å². The molecule has 200 valence electrons. The molecule has 3 rings (SSSR count). The summed E-state index contributed by atoms with van der Waals surface area (Å²) in [7, 11) is 1.24. The molecule has 3 N–H and O–H groups in total. The third-order valence-electron chi connectivity index (χ3n) is 5.10. The van der Waals surface area contributed by atoms with Gasteiger partial charge < -0.3 is 25.4 Å². The molecule has 0 spiro atoms. The lowest BCUT2D eigenvalue weighted by Gasteiger charge is -2.25. The van der Waals surface area contributed by atoms with E-state index < -0.39 is 41.6 Å². The van der Waals surface area contributed by atoms with Crippen molar-refractivity contribution in [1.29, 1.82) is 0 Å². The van der Waals surface area contributed by atoms with E-state index in [9.17, 15) is 19.2 Å². The molecule has 38 heavy (non-hydrogen) atoms. The van der Waals surface area contributed by atoms with Gasteiger partial charge in [0.2, 0.25) is 11.8 Å². The number of anilines is 1. The minimum absolute atomic E-state index is 0.0575. The fourth-order valence-electron chi connectivity index (χ4n) is 3.41. The Morgan fingerprint density at radius 3 is 2.16 bits per heavy atom. The van der Waals surface area contributed by atoms with Gasteiger partial charge in [-0.3, -0.25) is 9.59 Å². The molecule has 0 aliphatic heterocycles. The molecular formula is C27H30N4O6S. The highest BCUT2D eigenvalue weighted by molar-refractivity contribution is 7.14. The highest BCUT2D eigenvalue weighted by Crippen LogP contribution is 2.19. The lowest BCUT2D eigenvalue weighted by molar-refractivity contribution is -0.128. The number of hydrogen-bond donors (Lipinski definition) is 3. The molecule has 0 fully saturated rings. The molecule has 1 heterocycles. The number of amides is 3. The van der Waals surface area contributed by atoms with E-state index in [1.165, 1.54) is 12.5 Å². The second kappa shape index (κ2) is 12.8. The second-order valence-electron chi connectivity index (χ2n) is 9.26. The zero-order valence-corrected chi connectivity index (χ0v) is 22.3. The van der Waals surface area contributed by atoms with Crippen LogP contribution in [-0.2, 0) is 25.5 Å². The van der Waals surface area contributed by atoms with Crippen molar-refractivity contribution < 1.29 is 28.7 Å². The fourth-order valence-corrected chi connectivity index (χ4v) is 4.09. The van der Waals surface area contributed by atoms with Crippen LogP contribution in [0.3, 0.4) is 0 Å². The molecule has 0 aliphatic rings. The molecule has 10 nitrogen and oxygen atoms in total. The SMILES string of the molecule is COC(=O)c1csc(NC(=O)[C@H](Cc2ccccc2)NC(=O)[C@H](NC(=O)OC(C)(C)C)c2ccccc2)n1. The van der Waals surface area contributed by atoms with Crippen molar-refractivity contribution >= 4 is 40.3 Å². The fraction of sp³-hybridized carbons (Fsp3) is 0.296. The van der Waals surface area contributed by atoms with Crippen LogP contribution in [0.2, 0.25) is 0 Å². The summed E-state index contributed by atoms with van der Waals surface area (Å²) >= 11 is 1.05. The molecule has 0 saturated carbocycles. The van der Waals surface area contributed by atoms with Crippen molar-refractivity contribution in [2.45, 2.75) is 44.9 Å². The van der Waals surface area contributed by atoms with E-state index in [-0.39, 0.29) is 17.2 Å². The van der Waals surface area contributed by atoms with Crippen LogP contribution in [0.1, 0.15) is 48.4 Å². The van der Waals surface area contributed by atoms with Gasteiger partial charge in [-0.05, 0) is 31.9 Å². The number of benzene rings is 2. The molecule has 2 atom stereocenters. The van der Waals surface area contributed by atoms with E-state index in [1.807, 2.05) is 30.3 Å². The maximum Gasteiger partial charge on any atom is 0.408 e. The van der Waals surface area contributed by atoms with Crippen molar-refractivity contribution in [1.82, 2.24) is 15.6 Å². The molecule has 3 amide bonds. The van der Waals surface area contributed by atoms with Crippen LogP contribution in [0.15, 0.2) is 66.0 Å². The minimum atomic E-state index is -1.12. The predicted molar refractivity (Wildman–Crippen MR) is 143 cm³/mol. The van der Waals surface area contributed by atoms with Crippen molar-refractivity contribution in [3.05, 3.63) is 82.9 Å². The van der Waals surface area contributed by atoms with Gasteiger partial charge in [-0.1, -0.05) is 60.7 Å². The standard InChI is InChI=1S/C27H30N4O6S/c1-27(2,3)37-26(35)30-21(18-13-9-6-10-14-18)23(33)28-19(15-17-11-7-5-8-12-17)22(32)31-25-29-20(16-38-25)24(34)36-4/h5-14,16,19,21H,15H2,1-4H3,(H,28,33)(H,30,35)(H,29,31,32)/t19-,21+/m0/s1. The lowest BCUT2D eigenvalue weighted by atomic mass is 10.0. The molecule has 2 aromatic carbocycles.